The molecule has 0 saturated heterocycles. The Hall–Kier alpha value is -1.40. The first-order valence-corrected chi connectivity index (χ1v) is 10.2. The Bertz CT molecular complexity index is 499. The number of amides is 2. The van der Waals surface area contributed by atoms with Crippen LogP contribution in [0.5, 0.6) is 0 Å². The lowest BCUT2D eigenvalue weighted by atomic mass is 10.2. The van der Waals surface area contributed by atoms with E-state index in [1.165, 1.54) is 11.3 Å². The number of likely N-dealkylation sites (N-methyl/N-ethyl adjacent to an activating group) is 1. The Balaban J connectivity index is 2.36. The molecule has 2 amide bonds. The van der Waals surface area contributed by atoms with Crippen molar-refractivity contribution < 1.29 is 9.59 Å². The first kappa shape index (κ1) is 21.6. The fourth-order valence-electron chi connectivity index (χ4n) is 2.66. The summed E-state index contributed by atoms with van der Waals surface area (Å²) in [5, 5.41) is 6.60. The van der Waals surface area contributed by atoms with Crippen LogP contribution in [-0.4, -0.2) is 60.9 Å². The smallest absolute Gasteiger partial charge is 0.252 e. The summed E-state index contributed by atoms with van der Waals surface area (Å²) in [4.78, 5) is 28.7. The maximum Gasteiger partial charge on any atom is 0.252 e. The number of carbonyl (C=O) groups excluding carboxylic acids is 2. The lowest BCUT2D eigenvalue weighted by Crippen LogP contribution is -2.40. The zero-order chi connectivity index (χ0) is 18.7. The Morgan fingerprint density at radius 1 is 1.20 bits per heavy atom. The average Bonchev–Trinajstić information content (AvgIpc) is 3.12. The fourth-order valence-corrected chi connectivity index (χ4v) is 3.29. The van der Waals surface area contributed by atoms with Crippen molar-refractivity contribution in [3.05, 3.63) is 22.4 Å². The van der Waals surface area contributed by atoms with Crippen LogP contribution in [0, 0.1) is 5.92 Å². The molecule has 1 N–H and O–H groups in total. The SMILES string of the molecule is CCN(CC)CCN(CC(C)C)C(=O)CCCNC(=O)c1ccsc1. The summed E-state index contributed by atoms with van der Waals surface area (Å²) in [6, 6.07) is 1.81. The molecule has 0 aromatic carbocycles. The van der Waals surface area contributed by atoms with E-state index in [1.807, 2.05) is 21.7 Å². The van der Waals surface area contributed by atoms with Gasteiger partial charge >= 0.3 is 0 Å². The molecule has 0 aliphatic rings. The highest BCUT2D eigenvalue weighted by atomic mass is 32.1. The van der Waals surface area contributed by atoms with E-state index in [4.69, 9.17) is 0 Å². The van der Waals surface area contributed by atoms with Gasteiger partial charge in [-0.3, -0.25) is 9.59 Å². The minimum Gasteiger partial charge on any atom is -0.352 e. The van der Waals surface area contributed by atoms with E-state index in [9.17, 15) is 9.59 Å². The van der Waals surface area contributed by atoms with Gasteiger partial charge in [0.15, 0.2) is 0 Å². The van der Waals surface area contributed by atoms with Crippen LogP contribution in [0.15, 0.2) is 16.8 Å². The zero-order valence-electron chi connectivity index (χ0n) is 16.1. The molecule has 0 saturated carbocycles. The third-order valence-corrected chi connectivity index (χ3v) is 4.84. The highest BCUT2D eigenvalue weighted by Crippen LogP contribution is 2.06. The minimum absolute atomic E-state index is 0.0609. The molecule has 0 atom stereocenters. The lowest BCUT2D eigenvalue weighted by molar-refractivity contribution is -0.132. The molecule has 25 heavy (non-hydrogen) atoms. The predicted molar refractivity (Wildman–Crippen MR) is 105 cm³/mol. The second kappa shape index (κ2) is 12.0. The monoisotopic (exact) mass is 367 g/mol. The van der Waals surface area contributed by atoms with Gasteiger partial charge in [0, 0.05) is 43.5 Å². The average molecular weight is 368 g/mol. The first-order valence-electron chi connectivity index (χ1n) is 9.28. The van der Waals surface area contributed by atoms with E-state index in [0.29, 0.717) is 30.9 Å². The van der Waals surface area contributed by atoms with Crippen molar-refractivity contribution >= 4 is 23.2 Å². The van der Waals surface area contributed by atoms with Crippen LogP contribution >= 0.6 is 11.3 Å². The van der Waals surface area contributed by atoms with Gasteiger partial charge < -0.3 is 15.1 Å². The van der Waals surface area contributed by atoms with Crippen molar-refractivity contribution in [1.29, 1.82) is 0 Å². The van der Waals surface area contributed by atoms with Crippen molar-refractivity contribution in [2.24, 2.45) is 5.92 Å². The summed E-state index contributed by atoms with van der Waals surface area (Å²) < 4.78 is 0. The summed E-state index contributed by atoms with van der Waals surface area (Å²) in [6.07, 6.45) is 1.16. The summed E-state index contributed by atoms with van der Waals surface area (Å²) in [5.74, 6) is 0.582. The maximum absolute atomic E-state index is 12.5. The molecule has 0 radical (unpaired) electrons. The van der Waals surface area contributed by atoms with Crippen LogP contribution in [0.4, 0.5) is 0 Å². The van der Waals surface area contributed by atoms with Gasteiger partial charge in [0.1, 0.15) is 0 Å². The standard InChI is InChI=1S/C19H33N3O2S/c1-5-21(6-2)11-12-22(14-16(3)4)18(23)8-7-10-20-19(24)17-9-13-25-15-17/h9,13,15-16H,5-8,10-12,14H2,1-4H3,(H,20,24). The maximum atomic E-state index is 12.5. The number of carbonyl (C=O) groups is 2. The molecule has 1 aromatic heterocycles. The molecule has 0 spiro atoms. The van der Waals surface area contributed by atoms with Gasteiger partial charge in [-0.05, 0) is 36.9 Å². The van der Waals surface area contributed by atoms with Crippen LogP contribution in [0.2, 0.25) is 0 Å². The van der Waals surface area contributed by atoms with Gasteiger partial charge in [0.25, 0.3) is 5.91 Å². The van der Waals surface area contributed by atoms with E-state index in [2.05, 4.69) is 37.9 Å². The molecule has 0 aliphatic heterocycles. The summed E-state index contributed by atoms with van der Waals surface area (Å²) in [5.41, 5.74) is 0.692. The summed E-state index contributed by atoms with van der Waals surface area (Å²) >= 11 is 1.51. The van der Waals surface area contributed by atoms with Gasteiger partial charge in [-0.1, -0.05) is 27.7 Å². The second-order valence-corrected chi connectivity index (χ2v) is 7.41. The molecule has 0 fully saturated rings. The molecule has 0 unspecified atom stereocenters. The Morgan fingerprint density at radius 3 is 2.48 bits per heavy atom. The zero-order valence-corrected chi connectivity index (χ0v) is 16.9. The number of hydrogen-bond donors (Lipinski definition) is 1. The lowest BCUT2D eigenvalue weighted by Gasteiger charge is -2.28. The normalized spacial score (nSPS) is 11.1. The van der Waals surface area contributed by atoms with Gasteiger partial charge in [-0.2, -0.15) is 11.3 Å². The van der Waals surface area contributed by atoms with Crippen LogP contribution in [0.25, 0.3) is 0 Å². The molecule has 1 rings (SSSR count). The molecule has 0 aliphatic carbocycles. The van der Waals surface area contributed by atoms with Crippen molar-refractivity contribution in [3.8, 4) is 0 Å². The third kappa shape index (κ3) is 8.50. The van der Waals surface area contributed by atoms with E-state index >= 15 is 0 Å². The summed E-state index contributed by atoms with van der Waals surface area (Å²) in [7, 11) is 0. The quantitative estimate of drug-likeness (QED) is 0.578. The van der Waals surface area contributed by atoms with Gasteiger partial charge in [0.05, 0.1) is 0 Å². The minimum atomic E-state index is -0.0609. The number of rotatable bonds is 12. The fraction of sp³-hybridized carbons (Fsp3) is 0.684. The molecule has 1 heterocycles. The Labute approximate surface area is 156 Å². The largest absolute Gasteiger partial charge is 0.352 e. The highest BCUT2D eigenvalue weighted by Gasteiger charge is 2.15. The van der Waals surface area contributed by atoms with E-state index in [1.54, 1.807) is 0 Å². The predicted octanol–water partition coefficient (Wildman–Crippen LogP) is 3.08. The summed E-state index contributed by atoms with van der Waals surface area (Å²) in [6.45, 7) is 13.6. The molecular weight excluding hydrogens is 334 g/mol. The van der Waals surface area contributed by atoms with Gasteiger partial charge in [-0.25, -0.2) is 0 Å². The number of thiophene rings is 1. The van der Waals surface area contributed by atoms with Gasteiger partial charge in [-0.15, -0.1) is 0 Å². The number of nitrogens with zero attached hydrogens (tertiary/aromatic N) is 2. The van der Waals surface area contributed by atoms with Crippen molar-refractivity contribution in [1.82, 2.24) is 15.1 Å². The van der Waals surface area contributed by atoms with E-state index in [0.717, 1.165) is 32.7 Å². The Morgan fingerprint density at radius 2 is 1.92 bits per heavy atom. The van der Waals surface area contributed by atoms with E-state index < -0.39 is 0 Å². The van der Waals surface area contributed by atoms with Crippen LogP contribution in [0.1, 0.15) is 50.9 Å². The van der Waals surface area contributed by atoms with Crippen molar-refractivity contribution in [2.45, 2.75) is 40.5 Å². The molecular formula is C19H33N3O2S. The highest BCUT2D eigenvalue weighted by molar-refractivity contribution is 7.08. The third-order valence-electron chi connectivity index (χ3n) is 4.16. The molecule has 1 aromatic rings. The number of hydrogen-bond acceptors (Lipinski definition) is 4. The molecule has 142 valence electrons. The second-order valence-electron chi connectivity index (χ2n) is 6.63. The van der Waals surface area contributed by atoms with Gasteiger partial charge in [0.2, 0.25) is 5.91 Å². The topological polar surface area (TPSA) is 52.6 Å². The first-order chi connectivity index (χ1) is 12.0. The van der Waals surface area contributed by atoms with Crippen LogP contribution in [0.3, 0.4) is 0 Å². The van der Waals surface area contributed by atoms with E-state index in [-0.39, 0.29) is 11.8 Å². The molecule has 0 bridgehead atoms. The van der Waals surface area contributed by atoms with Crippen molar-refractivity contribution in [3.63, 3.8) is 0 Å². The molecule has 5 nitrogen and oxygen atoms in total. The van der Waals surface area contributed by atoms with Crippen LogP contribution < -0.4 is 5.32 Å². The molecule has 6 heteroatoms. The number of nitrogens with one attached hydrogen (secondary N) is 1. The van der Waals surface area contributed by atoms with Crippen molar-refractivity contribution in [2.75, 3.05) is 39.3 Å². The Kier molecular flexibility index (Phi) is 10.4. The van der Waals surface area contributed by atoms with Crippen LogP contribution in [-0.2, 0) is 4.79 Å².